The zero-order valence-electron chi connectivity index (χ0n) is 24.4. The highest BCUT2D eigenvalue weighted by Gasteiger charge is 2.40. The molecule has 0 fully saturated rings. The second-order valence-electron chi connectivity index (χ2n) is 9.99. The average molecular weight is 567 g/mol. The third-order valence-electron chi connectivity index (χ3n) is 7.59. The lowest BCUT2D eigenvalue weighted by molar-refractivity contribution is 0.0965. The molecule has 1 aliphatic heterocycles. The fourth-order valence-corrected chi connectivity index (χ4v) is 5.56. The first-order valence-corrected chi connectivity index (χ1v) is 13.7. The number of ether oxygens (including phenoxy) is 4. The summed E-state index contributed by atoms with van der Waals surface area (Å²) >= 11 is 0. The first-order valence-electron chi connectivity index (χ1n) is 13.7. The van der Waals surface area contributed by atoms with Gasteiger partial charge in [-0.25, -0.2) is 0 Å². The molecule has 0 saturated carbocycles. The van der Waals surface area contributed by atoms with E-state index in [1.54, 1.807) is 74.6 Å². The van der Waals surface area contributed by atoms with Crippen LogP contribution >= 0.6 is 0 Å². The SMILES string of the molecule is COc1ccc(N(C(=O)c2ccccc2)[C@H]2C[C@H](C)N(C(=O)c3ccccc3)c3cc(OC)c(OC)cc32)cc1OC. The summed E-state index contributed by atoms with van der Waals surface area (Å²) in [4.78, 5) is 31.8. The highest BCUT2D eigenvalue weighted by atomic mass is 16.5. The average Bonchev–Trinajstić information content (AvgIpc) is 3.04. The Morgan fingerprint density at radius 1 is 0.690 bits per heavy atom. The van der Waals surface area contributed by atoms with Gasteiger partial charge in [-0.3, -0.25) is 9.59 Å². The van der Waals surface area contributed by atoms with Gasteiger partial charge in [0.25, 0.3) is 11.8 Å². The molecular weight excluding hydrogens is 532 g/mol. The molecule has 5 rings (SSSR count). The minimum atomic E-state index is -0.458. The van der Waals surface area contributed by atoms with Gasteiger partial charge in [-0.05, 0) is 55.8 Å². The van der Waals surface area contributed by atoms with Crippen LogP contribution in [0.25, 0.3) is 0 Å². The second-order valence-corrected chi connectivity index (χ2v) is 9.99. The molecule has 1 heterocycles. The van der Waals surface area contributed by atoms with Crippen molar-refractivity contribution in [2.24, 2.45) is 0 Å². The highest BCUT2D eigenvalue weighted by Crippen LogP contribution is 2.48. The van der Waals surface area contributed by atoms with Gasteiger partial charge in [-0.1, -0.05) is 36.4 Å². The van der Waals surface area contributed by atoms with Gasteiger partial charge in [0.15, 0.2) is 23.0 Å². The van der Waals surface area contributed by atoms with Crippen LogP contribution in [0.1, 0.15) is 45.7 Å². The predicted molar refractivity (Wildman–Crippen MR) is 162 cm³/mol. The number of anilines is 2. The molecule has 0 aliphatic carbocycles. The van der Waals surface area contributed by atoms with E-state index < -0.39 is 6.04 Å². The van der Waals surface area contributed by atoms with Crippen LogP contribution in [-0.2, 0) is 0 Å². The summed E-state index contributed by atoms with van der Waals surface area (Å²) in [6.45, 7) is 1.99. The summed E-state index contributed by atoms with van der Waals surface area (Å²) in [7, 11) is 6.26. The van der Waals surface area contributed by atoms with Crippen LogP contribution < -0.4 is 28.7 Å². The fourth-order valence-electron chi connectivity index (χ4n) is 5.56. The normalized spacial score (nSPS) is 15.8. The number of hydrogen-bond donors (Lipinski definition) is 0. The van der Waals surface area contributed by atoms with E-state index in [-0.39, 0.29) is 17.9 Å². The Hall–Kier alpha value is -4.98. The van der Waals surface area contributed by atoms with E-state index >= 15 is 0 Å². The van der Waals surface area contributed by atoms with E-state index in [4.69, 9.17) is 18.9 Å². The maximum absolute atomic E-state index is 14.3. The van der Waals surface area contributed by atoms with E-state index in [0.717, 1.165) is 5.56 Å². The molecule has 2 amide bonds. The zero-order chi connectivity index (χ0) is 29.8. The van der Waals surface area contributed by atoms with Gasteiger partial charge in [-0.2, -0.15) is 0 Å². The van der Waals surface area contributed by atoms with Gasteiger partial charge in [0, 0.05) is 40.6 Å². The third-order valence-corrected chi connectivity index (χ3v) is 7.59. The van der Waals surface area contributed by atoms with Crippen LogP contribution in [0.4, 0.5) is 11.4 Å². The molecule has 1 aliphatic rings. The van der Waals surface area contributed by atoms with Crippen LogP contribution in [0.2, 0.25) is 0 Å². The number of fused-ring (bicyclic) bond motifs is 1. The van der Waals surface area contributed by atoms with Gasteiger partial charge in [0.05, 0.1) is 40.2 Å². The van der Waals surface area contributed by atoms with E-state index in [2.05, 4.69) is 0 Å². The second kappa shape index (κ2) is 12.3. The Labute approximate surface area is 246 Å². The standard InChI is InChI=1S/C34H34N2O6/c1-22-18-27(36(34(38)24-14-10-7-11-15-24)25-16-17-29(39-2)30(19-25)40-3)26-20-31(41-4)32(42-5)21-28(26)35(22)33(37)23-12-8-6-9-13-23/h6-17,19-22,27H,18H2,1-5H3/t22-,27-/m0/s1. The number of nitrogens with zero attached hydrogens (tertiary/aromatic N) is 2. The van der Waals surface area contributed by atoms with Crippen molar-refractivity contribution in [2.45, 2.75) is 25.4 Å². The minimum absolute atomic E-state index is 0.137. The minimum Gasteiger partial charge on any atom is -0.493 e. The summed E-state index contributed by atoms with van der Waals surface area (Å²) in [5.74, 6) is 1.71. The number of amides is 2. The fraction of sp³-hybridized carbons (Fsp3) is 0.235. The molecule has 0 bridgehead atoms. The van der Waals surface area contributed by atoms with Crippen molar-refractivity contribution in [3.05, 3.63) is 108 Å². The highest BCUT2D eigenvalue weighted by molar-refractivity contribution is 6.09. The molecule has 8 nitrogen and oxygen atoms in total. The van der Waals surface area contributed by atoms with Crippen molar-refractivity contribution in [1.29, 1.82) is 0 Å². The molecule has 0 radical (unpaired) electrons. The van der Waals surface area contributed by atoms with Crippen LogP contribution in [-0.4, -0.2) is 46.3 Å². The van der Waals surface area contributed by atoms with Crippen molar-refractivity contribution < 1.29 is 28.5 Å². The van der Waals surface area contributed by atoms with E-state index in [0.29, 0.717) is 51.9 Å². The van der Waals surface area contributed by atoms with Crippen LogP contribution in [0, 0.1) is 0 Å². The van der Waals surface area contributed by atoms with Crippen molar-refractivity contribution in [2.75, 3.05) is 38.2 Å². The molecule has 8 heteroatoms. The number of hydrogen-bond acceptors (Lipinski definition) is 6. The summed E-state index contributed by atoms with van der Waals surface area (Å²) < 4.78 is 22.4. The topological polar surface area (TPSA) is 77.5 Å². The molecule has 0 spiro atoms. The van der Waals surface area contributed by atoms with Crippen LogP contribution in [0.3, 0.4) is 0 Å². The number of carbonyl (C=O) groups excluding carboxylic acids is 2. The molecule has 216 valence electrons. The molecule has 4 aromatic rings. The Bertz CT molecular complexity index is 1570. The summed E-state index contributed by atoms with van der Waals surface area (Å²) in [6.07, 6.45) is 0.466. The molecule has 0 aromatic heterocycles. The zero-order valence-corrected chi connectivity index (χ0v) is 24.4. The molecule has 2 atom stereocenters. The van der Waals surface area contributed by atoms with Gasteiger partial charge < -0.3 is 28.7 Å². The number of benzene rings is 4. The van der Waals surface area contributed by atoms with E-state index in [9.17, 15) is 9.59 Å². The first-order chi connectivity index (χ1) is 20.4. The first kappa shape index (κ1) is 28.5. The number of carbonyl (C=O) groups is 2. The van der Waals surface area contributed by atoms with Crippen molar-refractivity contribution in [3.8, 4) is 23.0 Å². The summed E-state index contributed by atoms with van der Waals surface area (Å²) in [5.41, 5.74) is 3.14. The monoisotopic (exact) mass is 566 g/mol. The summed E-state index contributed by atoms with van der Waals surface area (Å²) in [5, 5.41) is 0. The van der Waals surface area contributed by atoms with Crippen LogP contribution in [0.5, 0.6) is 23.0 Å². The van der Waals surface area contributed by atoms with Crippen LogP contribution in [0.15, 0.2) is 91.0 Å². The Morgan fingerprint density at radius 3 is 1.83 bits per heavy atom. The molecule has 0 unspecified atom stereocenters. The number of rotatable bonds is 8. The lowest BCUT2D eigenvalue weighted by atomic mass is 9.88. The quantitative estimate of drug-likeness (QED) is 0.241. The molecule has 4 aromatic carbocycles. The Kier molecular flexibility index (Phi) is 8.33. The van der Waals surface area contributed by atoms with Crippen molar-refractivity contribution >= 4 is 23.2 Å². The van der Waals surface area contributed by atoms with E-state index in [1.807, 2.05) is 61.5 Å². The third kappa shape index (κ3) is 5.23. The molecule has 0 saturated heterocycles. The summed E-state index contributed by atoms with van der Waals surface area (Å²) in [6, 6.07) is 26.7. The van der Waals surface area contributed by atoms with Gasteiger partial charge in [0.2, 0.25) is 0 Å². The lowest BCUT2D eigenvalue weighted by Crippen LogP contribution is -2.48. The maximum Gasteiger partial charge on any atom is 0.258 e. The van der Waals surface area contributed by atoms with Gasteiger partial charge in [-0.15, -0.1) is 0 Å². The molecular formula is C34H34N2O6. The largest absolute Gasteiger partial charge is 0.493 e. The maximum atomic E-state index is 14.3. The molecule has 0 N–H and O–H groups in total. The van der Waals surface area contributed by atoms with Crippen molar-refractivity contribution in [1.82, 2.24) is 0 Å². The lowest BCUT2D eigenvalue weighted by Gasteiger charge is -2.44. The Morgan fingerprint density at radius 2 is 1.24 bits per heavy atom. The molecule has 42 heavy (non-hydrogen) atoms. The van der Waals surface area contributed by atoms with Gasteiger partial charge in [0.1, 0.15) is 0 Å². The van der Waals surface area contributed by atoms with Crippen molar-refractivity contribution in [3.63, 3.8) is 0 Å². The van der Waals surface area contributed by atoms with Gasteiger partial charge >= 0.3 is 0 Å². The van der Waals surface area contributed by atoms with E-state index in [1.165, 1.54) is 0 Å². The predicted octanol–water partition coefficient (Wildman–Crippen LogP) is 6.55. The Balaban J connectivity index is 1.73. The number of methoxy groups -OCH3 is 4. The smallest absolute Gasteiger partial charge is 0.258 e.